The molecule has 0 aromatic carbocycles. The Morgan fingerprint density at radius 3 is 2.93 bits per heavy atom. The smallest absolute Gasteiger partial charge is 0.135 e. The van der Waals surface area contributed by atoms with Gasteiger partial charge in [-0.2, -0.15) is 5.06 Å². The van der Waals surface area contributed by atoms with Gasteiger partial charge in [-0.05, 0) is 19.3 Å². The van der Waals surface area contributed by atoms with Crippen LogP contribution in [0.15, 0.2) is 0 Å². The molecule has 2 aliphatic rings. The number of nitrogens with zero attached hydrogens (tertiary/aromatic N) is 1. The summed E-state index contributed by atoms with van der Waals surface area (Å²) >= 11 is 0. The van der Waals surface area contributed by atoms with Gasteiger partial charge in [0.15, 0.2) is 0 Å². The Morgan fingerprint density at radius 1 is 1.33 bits per heavy atom. The predicted molar refractivity (Wildman–Crippen MR) is 55.3 cm³/mol. The number of Topliss-reactive ketones (excluding diaryl/α,β-unsaturated/α-hetero) is 1. The Balaban J connectivity index is 1.84. The van der Waals surface area contributed by atoms with E-state index in [1.54, 1.807) is 7.11 Å². The Labute approximate surface area is 90.5 Å². The number of fused-ring (bicyclic) bond motifs is 1. The highest BCUT2D eigenvalue weighted by Gasteiger charge is 2.39. The highest BCUT2D eigenvalue weighted by molar-refractivity contribution is 5.79. The third kappa shape index (κ3) is 3.26. The second-order valence-corrected chi connectivity index (χ2v) is 4.31. The van der Waals surface area contributed by atoms with Crippen LogP contribution in [0.2, 0.25) is 0 Å². The second kappa shape index (κ2) is 5.05. The van der Waals surface area contributed by atoms with Gasteiger partial charge in [0, 0.05) is 25.9 Å². The molecule has 0 aromatic heterocycles. The minimum atomic E-state index is 0.228. The number of hydroxylamine groups is 2. The molecule has 2 unspecified atom stereocenters. The number of epoxide rings is 1. The lowest BCUT2D eigenvalue weighted by molar-refractivity contribution is -0.134. The second-order valence-electron chi connectivity index (χ2n) is 4.31. The summed E-state index contributed by atoms with van der Waals surface area (Å²) in [6.07, 6.45) is 4.88. The molecule has 0 bridgehead atoms. The van der Waals surface area contributed by atoms with Crippen LogP contribution in [-0.4, -0.2) is 43.3 Å². The van der Waals surface area contributed by atoms with Gasteiger partial charge < -0.3 is 9.57 Å². The van der Waals surface area contributed by atoms with Gasteiger partial charge in [0.05, 0.1) is 19.3 Å². The number of hydrogen-bond donors (Lipinski definition) is 0. The van der Waals surface area contributed by atoms with Crippen molar-refractivity contribution in [1.29, 1.82) is 0 Å². The molecule has 0 spiro atoms. The Bertz CT molecular complexity index is 232. The van der Waals surface area contributed by atoms with E-state index in [1.807, 2.05) is 5.06 Å². The maximum absolute atomic E-state index is 11.5. The number of carbonyl (C=O) groups excluding carboxylic acids is 1. The molecule has 2 saturated heterocycles. The first-order valence-corrected chi connectivity index (χ1v) is 5.76. The third-order valence-corrected chi connectivity index (χ3v) is 3.13. The summed E-state index contributed by atoms with van der Waals surface area (Å²) in [5.41, 5.74) is 0. The maximum Gasteiger partial charge on any atom is 0.135 e. The Hall–Kier alpha value is -0.450. The first-order valence-electron chi connectivity index (χ1n) is 5.76. The molecule has 15 heavy (non-hydrogen) atoms. The zero-order chi connectivity index (χ0) is 10.7. The Kier molecular flexibility index (Phi) is 3.72. The van der Waals surface area contributed by atoms with Crippen molar-refractivity contribution in [2.24, 2.45) is 0 Å². The molecule has 2 fully saturated rings. The lowest BCUT2D eigenvalue weighted by Crippen LogP contribution is -2.25. The SMILES string of the molecule is CON1CCCC(=O)CC2OC2CCC1. The molecule has 0 aromatic rings. The van der Waals surface area contributed by atoms with E-state index in [2.05, 4.69) is 0 Å². The molecule has 4 heteroatoms. The number of carbonyl (C=O) groups is 1. The predicted octanol–water partition coefficient (Wildman–Crippen LogP) is 1.15. The summed E-state index contributed by atoms with van der Waals surface area (Å²) < 4.78 is 5.45. The third-order valence-electron chi connectivity index (χ3n) is 3.13. The van der Waals surface area contributed by atoms with E-state index in [9.17, 15) is 4.79 Å². The summed E-state index contributed by atoms with van der Waals surface area (Å²) in [5.74, 6) is 0.334. The molecule has 0 amide bonds. The first-order chi connectivity index (χ1) is 7.29. The minimum absolute atomic E-state index is 0.228. The van der Waals surface area contributed by atoms with Crippen LogP contribution in [0, 0.1) is 0 Å². The standard InChI is InChI=1S/C11H19NO3/c1-14-12-6-2-4-9(13)8-11-10(15-11)5-3-7-12/h10-11H,2-8H2,1H3. The zero-order valence-electron chi connectivity index (χ0n) is 9.28. The van der Waals surface area contributed by atoms with Crippen LogP contribution in [0.4, 0.5) is 0 Å². The Morgan fingerprint density at radius 2 is 2.13 bits per heavy atom. The van der Waals surface area contributed by atoms with Crippen LogP contribution in [0.5, 0.6) is 0 Å². The molecular weight excluding hydrogens is 194 g/mol. The van der Waals surface area contributed by atoms with Crippen LogP contribution < -0.4 is 0 Å². The highest BCUT2D eigenvalue weighted by atomic mass is 16.7. The topological polar surface area (TPSA) is 42.1 Å². The van der Waals surface area contributed by atoms with Gasteiger partial charge in [-0.1, -0.05) is 0 Å². The fourth-order valence-corrected chi connectivity index (χ4v) is 2.15. The number of hydrogen-bond acceptors (Lipinski definition) is 4. The quantitative estimate of drug-likeness (QED) is 0.613. The lowest BCUT2D eigenvalue weighted by Gasteiger charge is -2.18. The first kappa shape index (κ1) is 11.0. The van der Waals surface area contributed by atoms with Gasteiger partial charge in [-0.25, -0.2) is 0 Å². The van der Waals surface area contributed by atoms with Crippen LogP contribution in [0.25, 0.3) is 0 Å². The monoisotopic (exact) mass is 213 g/mol. The maximum atomic E-state index is 11.5. The van der Waals surface area contributed by atoms with Crippen molar-refractivity contribution in [1.82, 2.24) is 5.06 Å². The van der Waals surface area contributed by atoms with Crippen LogP contribution in [0.1, 0.15) is 32.1 Å². The number of ether oxygens (including phenoxy) is 1. The molecule has 4 nitrogen and oxygen atoms in total. The van der Waals surface area contributed by atoms with Crippen molar-refractivity contribution in [2.45, 2.75) is 44.3 Å². The molecule has 86 valence electrons. The molecule has 2 rings (SSSR count). The highest BCUT2D eigenvalue weighted by Crippen LogP contribution is 2.30. The minimum Gasteiger partial charge on any atom is -0.369 e. The summed E-state index contributed by atoms with van der Waals surface area (Å²) in [6, 6.07) is 0. The van der Waals surface area contributed by atoms with E-state index < -0.39 is 0 Å². The normalized spacial score (nSPS) is 34.3. The van der Waals surface area contributed by atoms with Gasteiger partial charge in [-0.3, -0.25) is 4.79 Å². The van der Waals surface area contributed by atoms with E-state index in [0.29, 0.717) is 24.7 Å². The average Bonchev–Trinajstić information content (AvgIpc) is 2.93. The van der Waals surface area contributed by atoms with E-state index in [-0.39, 0.29) is 6.10 Å². The van der Waals surface area contributed by atoms with Crippen LogP contribution >= 0.6 is 0 Å². The van der Waals surface area contributed by atoms with Crippen molar-refractivity contribution in [3.63, 3.8) is 0 Å². The molecule has 0 radical (unpaired) electrons. The van der Waals surface area contributed by atoms with E-state index in [1.165, 1.54) is 0 Å². The van der Waals surface area contributed by atoms with Gasteiger partial charge in [0.2, 0.25) is 0 Å². The van der Waals surface area contributed by atoms with Crippen LogP contribution in [0.3, 0.4) is 0 Å². The molecule has 0 aliphatic carbocycles. The largest absolute Gasteiger partial charge is 0.369 e. The fraction of sp³-hybridized carbons (Fsp3) is 0.909. The lowest BCUT2D eigenvalue weighted by atomic mass is 10.1. The van der Waals surface area contributed by atoms with E-state index in [4.69, 9.17) is 9.57 Å². The van der Waals surface area contributed by atoms with Gasteiger partial charge in [-0.15, -0.1) is 0 Å². The van der Waals surface area contributed by atoms with Crippen molar-refractivity contribution in [3.8, 4) is 0 Å². The van der Waals surface area contributed by atoms with Crippen molar-refractivity contribution in [2.75, 3.05) is 20.2 Å². The van der Waals surface area contributed by atoms with Gasteiger partial charge in [0.25, 0.3) is 0 Å². The average molecular weight is 213 g/mol. The number of ketones is 1. The number of rotatable bonds is 1. The molecule has 0 N–H and O–H groups in total. The zero-order valence-corrected chi connectivity index (χ0v) is 9.28. The summed E-state index contributed by atoms with van der Waals surface area (Å²) in [6.45, 7) is 1.80. The summed E-state index contributed by atoms with van der Waals surface area (Å²) in [4.78, 5) is 16.7. The van der Waals surface area contributed by atoms with Gasteiger partial charge >= 0.3 is 0 Å². The molecule has 2 heterocycles. The molecule has 2 atom stereocenters. The van der Waals surface area contributed by atoms with E-state index >= 15 is 0 Å². The summed E-state index contributed by atoms with van der Waals surface area (Å²) in [7, 11) is 1.69. The molecule has 2 aliphatic heterocycles. The van der Waals surface area contributed by atoms with Crippen molar-refractivity contribution >= 4 is 5.78 Å². The summed E-state index contributed by atoms with van der Waals surface area (Å²) in [5, 5.41) is 1.94. The fourth-order valence-electron chi connectivity index (χ4n) is 2.15. The molecular formula is C11H19NO3. The van der Waals surface area contributed by atoms with Gasteiger partial charge in [0.1, 0.15) is 5.78 Å². The van der Waals surface area contributed by atoms with Crippen molar-refractivity contribution in [3.05, 3.63) is 0 Å². The van der Waals surface area contributed by atoms with Crippen molar-refractivity contribution < 1.29 is 14.4 Å². The molecule has 0 saturated carbocycles. The van der Waals surface area contributed by atoms with Crippen LogP contribution in [-0.2, 0) is 14.4 Å². The van der Waals surface area contributed by atoms with E-state index in [0.717, 1.165) is 32.4 Å².